The van der Waals surface area contributed by atoms with Crippen LogP contribution < -0.4 is 0 Å². The van der Waals surface area contributed by atoms with Gasteiger partial charge in [-0.25, -0.2) is 0 Å². The average Bonchev–Trinajstić information content (AvgIpc) is 2.29. The van der Waals surface area contributed by atoms with E-state index >= 15 is 0 Å². The van der Waals surface area contributed by atoms with Crippen LogP contribution in [0.4, 0.5) is 0 Å². The molecule has 1 aliphatic rings. The molecule has 1 rings (SSSR count). The van der Waals surface area contributed by atoms with Crippen LogP contribution in [-0.4, -0.2) is 24.5 Å². The SMILES string of the molecule is C=C(C)CCCCCCCN1CCCCC1. The third-order valence-electron chi connectivity index (χ3n) is 3.53. The molecule has 0 N–H and O–H groups in total. The van der Waals surface area contributed by atoms with Gasteiger partial charge in [-0.05, 0) is 58.7 Å². The molecule has 0 bridgehead atoms. The fraction of sp³-hybridized carbons (Fsp3) is 0.867. The Morgan fingerprint density at radius 3 is 2.25 bits per heavy atom. The van der Waals surface area contributed by atoms with Crippen molar-refractivity contribution < 1.29 is 0 Å². The molecule has 16 heavy (non-hydrogen) atoms. The van der Waals surface area contributed by atoms with Crippen molar-refractivity contribution in [2.75, 3.05) is 19.6 Å². The number of allylic oxidation sites excluding steroid dienone is 1. The fourth-order valence-electron chi connectivity index (χ4n) is 2.48. The van der Waals surface area contributed by atoms with Gasteiger partial charge in [0.05, 0.1) is 0 Å². The molecule has 1 heteroatoms. The van der Waals surface area contributed by atoms with Crippen molar-refractivity contribution in [3.05, 3.63) is 12.2 Å². The molecule has 1 fully saturated rings. The van der Waals surface area contributed by atoms with Crippen molar-refractivity contribution in [1.82, 2.24) is 4.90 Å². The van der Waals surface area contributed by atoms with E-state index in [0.717, 1.165) is 0 Å². The van der Waals surface area contributed by atoms with Gasteiger partial charge in [0, 0.05) is 0 Å². The first-order valence-corrected chi connectivity index (χ1v) is 7.16. The Hall–Kier alpha value is -0.300. The van der Waals surface area contributed by atoms with E-state index in [0.29, 0.717) is 0 Å². The summed E-state index contributed by atoms with van der Waals surface area (Å²) in [6.45, 7) is 10.1. The first-order valence-electron chi connectivity index (χ1n) is 7.16. The fourth-order valence-corrected chi connectivity index (χ4v) is 2.48. The lowest BCUT2D eigenvalue weighted by molar-refractivity contribution is 0.224. The number of nitrogens with zero attached hydrogens (tertiary/aromatic N) is 1. The summed E-state index contributed by atoms with van der Waals surface area (Å²) in [5, 5.41) is 0. The molecular weight excluding hydrogens is 194 g/mol. The smallest absolute Gasteiger partial charge is 0.00187 e. The van der Waals surface area contributed by atoms with Crippen molar-refractivity contribution in [1.29, 1.82) is 0 Å². The van der Waals surface area contributed by atoms with Gasteiger partial charge >= 0.3 is 0 Å². The third-order valence-corrected chi connectivity index (χ3v) is 3.53. The van der Waals surface area contributed by atoms with Gasteiger partial charge in [-0.2, -0.15) is 0 Å². The minimum atomic E-state index is 1.23. The number of hydrogen-bond acceptors (Lipinski definition) is 1. The quantitative estimate of drug-likeness (QED) is 0.436. The first kappa shape index (κ1) is 13.8. The Balaban J connectivity index is 1.82. The molecule has 1 aliphatic heterocycles. The van der Waals surface area contributed by atoms with Crippen LogP contribution in [0.25, 0.3) is 0 Å². The van der Waals surface area contributed by atoms with Crippen LogP contribution in [0.1, 0.15) is 64.7 Å². The van der Waals surface area contributed by atoms with Crippen LogP contribution >= 0.6 is 0 Å². The summed E-state index contributed by atoms with van der Waals surface area (Å²) in [5.74, 6) is 0. The Labute approximate surface area is 102 Å². The molecule has 1 nitrogen and oxygen atoms in total. The van der Waals surface area contributed by atoms with E-state index in [1.807, 2.05) is 0 Å². The maximum atomic E-state index is 3.94. The summed E-state index contributed by atoms with van der Waals surface area (Å²) in [6.07, 6.45) is 12.5. The molecule has 0 spiro atoms. The van der Waals surface area contributed by atoms with Gasteiger partial charge in [0.1, 0.15) is 0 Å². The first-order chi connectivity index (χ1) is 7.79. The van der Waals surface area contributed by atoms with E-state index in [4.69, 9.17) is 0 Å². The Morgan fingerprint density at radius 2 is 1.56 bits per heavy atom. The molecule has 0 unspecified atom stereocenters. The molecule has 0 atom stereocenters. The highest BCUT2D eigenvalue weighted by molar-refractivity contribution is 4.86. The second kappa shape index (κ2) is 8.81. The van der Waals surface area contributed by atoms with Crippen LogP contribution in [0.3, 0.4) is 0 Å². The van der Waals surface area contributed by atoms with Crippen LogP contribution in [0.2, 0.25) is 0 Å². The van der Waals surface area contributed by atoms with Crippen molar-refractivity contribution >= 4 is 0 Å². The van der Waals surface area contributed by atoms with E-state index in [2.05, 4.69) is 18.4 Å². The highest BCUT2D eigenvalue weighted by atomic mass is 15.1. The molecule has 0 aliphatic carbocycles. The maximum Gasteiger partial charge on any atom is -0.00187 e. The zero-order valence-electron chi connectivity index (χ0n) is 11.1. The van der Waals surface area contributed by atoms with E-state index in [1.165, 1.54) is 83.0 Å². The molecule has 0 aromatic heterocycles. The van der Waals surface area contributed by atoms with Crippen molar-refractivity contribution in [3.8, 4) is 0 Å². The number of hydrogen-bond donors (Lipinski definition) is 0. The van der Waals surface area contributed by atoms with Gasteiger partial charge in [-0.3, -0.25) is 0 Å². The van der Waals surface area contributed by atoms with Crippen molar-refractivity contribution in [2.45, 2.75) is 64.7 Å². The van der Waals surface area contributed by atoms with Gasteiger partial charge in [0.2, 0.25) is 0 Å². The van der Waals surface area contributed by atoms with Gasteiger partial charge < -0.3 is 4.90 Å². The molecule has 0 radical (unpaired) electrons. The third kappa shape index (κ3) is 7.05. The largest absolute Gasteiger partial charge is 0.303 e. The predicted octanol–water partition coefficient (Wildman–Crippen LogP) is 4.39. The lowest BCUT2D eigenvalue weighted by Gasteiger charge is -2.26. The monoisotopic (exact) mass is 223 g/mol. The van der Waals surface area contributed by atoms with Gasteiger partial charge in [0.15, 0.2) is 0 Å². The lowest BCUT2D eigenvalue weighted by Crippen LogP contribution is -2.30. The zero-order valence-corrected chi connectivity index (χ0v) is 11.1. The summed E-state index contributed by atoms with van der Waals surface area (Å²) < 4.78 is 0. The summed E-state index contributed by atoms with van der Waals surface area (Å²) in [7, 11) is 0. The summed E-state index contributed by atoms with van der Waals surface area (Å²) in [6, 6.07) is 0. The summed E-state index contributed by atoms with van der Waals surface area (Å²) in [5.41, 5.74) is 1.34. The van der Waals surface area contributed by atoms with Crippen molar-refractivity contribution in [2.24, 2.45) is 0 Å². The number of unbranched alkanes of at least 4 members (excludes halogenated alkanes) is 4. The van der Waals surface area contributed by atoms with E-state index < -0.39 is 0 Å². The molecular formula is C15H29N. The van der Waals surface area contributed by atoms with E-state index in [-0.39, 0.29) is 0 Å². The predicted molar refractivity (Wildman–Crippen MR) is 72.8 cm³/mol. The Kier molecular flexibility index (Phi) is 7.58. The van der Waals surface area contributed by atoms with Gasteiger partial charge in [-0.15, -0.1) is 6.58 Å². The van der Waals surface area contributed by atoms with Crippen LogP contribution in [0.5, 0.6) is 0 Å². The molecule has 94 valence electrons. The maximum absolute atomic E-state index is 3.94. The minimum absolute atomic E-state index is 1.23. The van der Waals surface area contributed by atoms with E-state index in [9.17, 15) is 0 Å². The molecule has 0 aromatic carbocycles. The lowest BCUT2D eigenvalue weighted by atomic mass is 10.1. The highest BCUT2D eigenvalue weighted by Crippen LogP contribution is 2.12. The molecule has 0 saturated carbocycles. The molecule has 0 aromatic rings. The van der Waals surface area contributed by atoms with Gasteiger partial charge in [0.25, 0.3) is 0 Å². The van der Waals surface area contributed by atoms with Crippen LogP contribution in [0, 0.1) is 0 Å². The zero-order chi connectivity index (χ0) is 11.6. The Morgan fingerprint density at radius 1 is 0.938 bits per heavy atom. The summed E-state index contributed by atoms with van der Waals surface area (Å²) >= 11 is 0. The van der Waals surface area contributed by atoms with Crippen LogP contribution in [0.15, 0.2) is 12.2 Å². The number of rotatable bonds is 8. The minimum Gasteiger partial charge on any atom is -0.303 e. The number of piperidine rings is 1. The summed E-state index contributed by atoms with van der Waals surface area (Å²) in [4.78, 5) is 2.65. The topological polar surface area (TPSA) is 3.24 Å². The second-order valence-electron chi connectivity index (χ2n) is 5.38. The van der Waals surface area contributed by atoms with Crippen molar-refractivity contribution in [3.63, 3.8) is 0 Å². The molecule has 1 heterocycles. The van der Waals surface area contributed by atoms with Crippen LogP contribution in [-0.2, 0) is 0 Å². The number of likely N-dealkylation sites (tertiary alicyclic amines) is 1. The van der Waals surface area contributed by atoms with Gasteiger partial charge in [-0.1, -0.05) is 31.3 Å². The molecule has 0 amide bonds. The van der Waals surface area contributed by atoms with E-state index in [1.54, 1.807) is 0 Å². The Bertz CT molecular complexity index is 180. The highest BCUT2D eigenvalue weighted by Gasteiger charge is 2.08. The second-order valence-corrected chi connectivity index (χ2v) is 5.38. The normalized spacial score (nSPS) is 17.6. The molecule has 1 saturated heterocycles. The standard InChI is InChI=1S/C15H29N/c1-15(2)11-7-4-3-5-8-12-16-13-9-6-10-14-16/h1,3-14H2,2H3. The average molecular weight is 223 g/mol.